The lowest BCUT2D eigenvalue weighted by molar-refractivity contribution is -0.384. The van der Waals surface area contributed by atoms with Crippen LogP contribution in [0.15, 0.2) is 84.0 Å². The maximum atomic E-state index is 13.0. The van der Waals surface area contributed by atoms with Crippen molar-refractivity contribution in [2.45, 2.75) is 6.92 Å². The standard InChI is InChI=1S/C32H21Cl3N4O7S/c1-2-45-26-13-17(3-12-25(26)46-32(42)29-28(35)23-11-9-21(39(43)44)15-27(23)47-29)16-36-38-30(40)18-4-7-20(8-5-18)37-31(41)22-10-6-19(33)14-24(22)34/h3-16H,2H2,1H3,(H,37,41)(H,38,40)/b36-16-. The number of thiophene rings is 1. The highest BCUT2D eigenvalue weighted by atomic mass is 35.5. The van der Waals surface area contributed by atoms with Crippen molar-refractivity contribution in [3.63, 3.8) is 0 Å². The summed E-state index contributed by atoms with van der Waals surface area (Å²) in [5, 5.41) is 19.1. The Labute approximate surface area is 285 Å². The molecule has 1 heterocycles. The Morgan fingerprint density at radius 2 is 1.70 bits per heavy atom. The molecule has 15 heteroatoms. The smallest absolute Gasteiger partial charge is 0.355 e. The Hall–Kier alpha value is -5.01. The van der Waals surface area contributed by atoms with E-state index in [4.69, 9.17) is 44.3 Å². The molecule has 5 aromatic rings. The zero-order valence-electron chi connectivity index (χ0n) is 24.1. The molecule has 0 radical (unpaired) electrons. The molecule has 0 bridgehead atoms. The van der Waals surface area contributed by atoms with Crippen LogP contribution in [-0.2, 0) is 0 Å². The number of hydrogen-bond donors (Lipinski definition) is 2. The van der Waals surface area contributed by atoms with E-state index in [1.165, 1.54) is 54.7 Å². The normalized spacial score (nSPS) is 11.0. The number of ether oxygens (including phenoxy) is 2. The molecule has 0 aliphatic heterocycles. The van der Waals surface area contributed by atoms with Crippen LogP contribution >= 0.6 is 46.1 Å². The van der Waals surface area contributed by atoms with Gasteiger partial charge in [0.15, 0.2) is 11.5 Å². The monoisotopic (exact) mass is 710 g/mol. The van der Waals surface area contributed by atoms with E-state index in [-0.39, 0.29) is 49.8 Å². The molecule has 238 valence electrons. The quantitative estimate of drug-likeness (QED) is 0.0486. The molecule has 0 fully saturated rings. The number of fused-ring (bicyclic) bond motifs is 1. The number of carbonyl (C=O) groups is 3. The molecule has 47 heavy (non-hydrogen) atoms. The van der Waals surface area contributed by atoms with E-state index in [1.54, 1.807) is 37.3 Å². The van der Waals surface area contributed by atoms with Crippen LogP contribution in [0.5, 0.6) is 11.5 Å². The first-order valence-electron chi connectivity index (χ1n) is 13.6. The van der Waals surface area contributed by atoms with Gasteiger partial charge in [-0.2, -0.15) is 5.10 Å². The van der Waals surface area contributed by atoms with Crippen molar-refractivity contribution in [2.24, 2.45) is 5.10 Å². The Bertz CT molecular complexity index is 2070. The Morgan fingerprint density at radius 3 is 2.40 bits per heavy atom. The minimum absolute atomic E-state index is 0.0827. The summed E-state index contributed by atoms with van der Waals surface area (Å²) in [7, 11) is 0. The van der Waals surface area contributed by atoms with E-state index in [0.29, 0.717) is 26.4 Å². The Kier molecular flexibility index (Phi) is 10.4. The molecule has 2 amide bonds. The van der Waals surface area contributed by atoms with Gasteiger partial charge in [0.2, 0.25) is 0 Å². The van der Waals surface area contributed by atoms with Gasteiger partial charge in [-0.1, -0.05) is 34.8 Å². The van der Waals surface area contributed by atoms with E-state index in [9.17, 15) is 24.5 Å². The van der Waals surface area contributed by atoms with Crippen LogP contribution in [-0.4, -0.2) is 35.5 Å². The first-order valence-corrected chi connectivity index (χ1v) is 15.5. The van der Waals surface area contributed by atoms with Crippen LogP contribution in [0, 0.1) is 10.1 Å². The predicted octanol–water partition coefficient (Wildman–Crippen LogP) is 8.40. The zero-order chi connectivity index (χ0) is 33.7. The third-order valence-corrected chi connectivity index (χ3v) is 8.62. The number of nitrogens with one attached hydrogen (secondary N) is 2. The molecule has 1 aromatic heterocycles. The highest BCUT2D eigenvalue weighted by molar-refractivity contribution is 7.21. The summed E-state index contributed by atoms with van der Waals surface area (Å²) in [5.74, 6) is -1.34. The number of anilines is 1. The van der Waals surface area contributed by atoms with Crippen molar-refractivity contribution >= 4 is 91.6 Å². The number of esters is 1. The van der Waals surface area contributed by atoms with Crippen molar-refractivity contribution in [1.82, 2.24) is 5.43 Å². The lowest BCUT2D eigenvalue weighted by atomic mass is 10.1. The van der Waals surface area contributed by atoms with Gasteiger partial charge in [-0.15, -0.1) is 11.3 Å². The number of hydrogen-bond acceptors (Lipinski definition) is 9. The van der Waals surface area contributed by atoms with E-state index < -0.39 is 22.7 Å². The molecular weight excluding hydrogens is 691 g/mol. The van der Waals surface area contributed by atoms with Crippen molar-refractivity contribution in [3.05, 3.63) is 126 Å². The average molecular weight is 712 g/mol. The van der Waals surface area contributed by atoms with Gasteiger partial charge < -0.3 is 14.8 Å². The molecule has 2 N–H and O–H groups in total. The number of halogens is 3. The van der Waals surface area contributed by atoms with Crippen molar-refractivity contribution in [3.8, 4) is 11.5 Å². The van der Waals surface area contributed by atoms with E-state index in [1.807, 2.05) is 0 Å². The van der Waals surface area contributed by atoms with E-state index in [0.717, 1.165) is 11.3 Å². The van der Waals surface area contributed by atoms with Crippen LogP contribution in [0.4, 0.5) is 11.4 Å². The first kappa shape index (κ1) is 33.4. The zero-order valence-corrected chi connectivity index (χ0v) is 27.2. The van der Waals surface area contributed by atoms with Crippen LogP contribution in [0.25, 0.3) is 10.1 Å². The summed E-state index contributed by atoms with van der Waals surface area (Å²) in [6, 6.07) is 19.5. The van der Waals surface area contributed by atoms with Crippen LogP contribution < -0.4 is 20.2 Å². The van der Waals surface area contributed by atoms with E-state index >= 15 is 0 Å². The number of hydrazone groups is 1. The number of rotatable bonds is 10. The average Bonchev–Trinajstić information content (AvgIpc) is 3.38. The van der Waals surface area contributed by atoms with Gasteiger partial charge in [0.25, 0.3) is 17.5 Å². The third-order valence-electron chi connectivity index (χ3n) is 6.44. The van der Waals surface area contributed by atoms with Crippen LogP contribution in [0.2, 0.25) is 15.1 Å². The summed E-state index contributed by atoms with van der Waals surface area (Å²) >= 11 is 19.4. The third kappa shape index (κ3) is 7.87. The van der Waals surface area contributed by atoms with Gasteiger partial charge in [0, 0.05) is 38.5 Å². The molecule has 5 rings (SSSR count). The summed E-state index contributed by atoms with van der Waals surface area (Å²) in [4.78, 5) is 48.8. The Morgan fingerprint density at radius 1 is 0.936 bits per heavy atom. The van der Waals surface area contributed by atoms with Crippen LogP contribution in [0.1, 0.15) is 42.9 Å². The molecule has 0 aliphatic carbocycles. The number of nitrogens with zero attached hydrogens (tertiary/aromatic N) is 2. The summed E-state index contributed by atoms with van der Waals surface area (Å²) in [6.45, 7) is 2.02. The molecule has 0 unspecified atom stereocenters. The fourth-order valence-electron chi connectivity index (χ4n) is 4.21. The minimum atomic E-state index is -0.757. The first-order chi connectivity index (χ1) is 22.5. The largest absolute Gasteiger partial charge is 0.490 e. The molecule has 0 saturated carbocycles. The lowest BCUT2D eigenvalue weighted by Crippen LogP contribution is -2.18. The molecule has 0 spiro atoms. The van der Waals surface area contributed by atoms with Crippen molar-refractivity contribution in [1.29, 1.82) is 0 Å². The topological polar surface area (TPSA) is 149 Å². The SMILES string of the molecule is CCOc1cc(/C=N\NC(=O)c2ccc(NC(=O)c3ccc(Cl)cc3Cl)cc2)ccc1OC(=O)c1sc2cc([N+](=O)[O-])ccc2c1Cl. The number of non-ortho nitro benzene ring substituents is 1. The summed E-state index contributed by atoms with van der Waals surface area (Å²) in [6.07, 6.45) is 1.38. The Balaban J connectivity index is 1.22. The minimum Gasteiger partial charge on any atom is -0.490 e. The summed E-state index contributed by atoms with van der Waals surface area (Å²) < 4.78 is 11.7. The number of benzene rings is 4. The van der Waals surface area contributed by atoms with Gasteiger partial charge in [-0.3, -0.25) is 19.7 Å². The maximum Gasteiger partial charge on any atom is 0.355 e. The van der Waals surface area contributed by atoms with Gasteiger partial charge in [0.1, 0.15) is 4.88 Å². The van der Waals surface area contributed by atoms with Gasteiger partial charge >= 0.3 is 5.97 Å². The molecule has 0 atom stereocenters. The maximum absolute atomic E-state index is 13.0. The number of carbonyl (C=O) groups excluding carboxylic acids is 3. The second kappa shape index (κ2) is 14.6. The molecule has 4 aromatic carbocycles. The number of nitro benzene ring substituents is 1. The fourth-order valence-corrected chi connectivity index (χ4v) is 6.12. The number of amides is 2. The van der Waals surface area contributed by atoms with Crippen molar-refractivity contribution < 1.29 is 28.8 Å². The van der Waals surface area contributed by atoms with Gasteiger partial charge in [-0.25, -0.2) is 10.2 Å². The highest BCUT2D eigenvalue weighted by Crippen LogP contribution is 2.38. The predicted molar refractivity (Wildman–Crippen MR) is 182 cm³/mol. The van der Waals surface area contributed by atoms with Gasteiger partial charge in [-0.05, 0) is 79.2 Å². The molecule has 11 nitrogen and oxygen atoms in total. The second-order valence-electron chi connectivity index (χ2n) is 9.57. The highest BCUT2D eigenvalue weighted by Gasteiger charge is 2.22. The van der Waals surface area contributed by atoms with Crippen molar-refractivity contribution in [2.75, 3.05) is 11.9 Å². The molecule has 0 saturated heterocycles. The number of nitro groups is 1. The van der Waals surface area contributed by atoms with E-state index in [2.05, 4.69) is 15.8 Å². The lowest BCUT2D eigenvalue weighted by Gasteiger charge is -2.11. The second-order valence-corrected chi connectivity index (χ2v) is 11.8. The van der Waals surface area contributed by atoms with Gasteiger partial charge in [0.05, 0.1) is 33.4 Å². The fraction of sp³-hybridized carbons (Fsp3) is 0.0625. The molecule has 0 aliphatic rings. The summed E-state index contributed by atoms with van der Waals surface area (Å²) in [5.41, 5.74) is 3.82. The molecular formula is C32H21Cl3N4O7S. The van der Waals surface area contributed by atoms with Crippen LogP contribution in [0.3, 0.4) is 0 Å².